The normalized spacial score (nSPS) is 22.7. The molecule has 31 heavy (non-hydrogen) atoms. The minimum atomic E-state index is -0.900. The van der Waals surface area contributed by atoms with Crippen LogP contribution < -0.4 is 14.7 Å². The summed E-state index contributed by atoms with van der Waals surface area (Å²) in [5.74, 6) is -0.646. The highest BCUT2D eigenvalue weighted by Crippen LogP contribution is 2.48. The van der Waals surface area contributed by atoms with Gasteiger partial charge in [-0.05, 0) is 48.0 Å². The molecular weight excluding hydrogens is 460 g/mol. The molecule has 7 heteroatoms. The van der Waals surface area contributed by atoms with E-state index in [9.17, 15) is 9.59 Å². The van der Waals surface area contributed by atoms with Crippen molar-refractivity contribution in [1.82, 2.24) is 0 Å². The maximum atomic E-state index is 13.6. The van der Waals surface area contributed by atoms with Gasteiger partial charge in [-0.25, -0.2) is 9.96 Å². The summed E-state index contributed by atoms with van der Waals surface area (Å²) >= 11 is 3.41. The van der Waals surface area contributed by atoms with Crippen molar-refractivity contribution in [3.8, 4) is 5.75 Å². The Morgan fingerprint density at radius 3 is 2.35 bits per heavy atom. The van der Waals surface area contributed by atoms with E-state index in [2.05, 4.69) is 15.9 Å². The number of carbonyl (C=O) groups is 2. The minimum absolute atomic E-state index is 0.278. The summed E-state index contributed by atoms with van der Waals surface area (Å²) in [6.07, 6.45) is -0.900. The Balaban J connectivity index is 1.60. The molecule has 3 aromatic carbocycles. The molecule has 0 radical (unpaired) electrons. The predicted molar refractivity (Wildman–Crippen MR) is 120 cm³/mol. The Morgan fingerprint density at radius 1 is 0.871 bits per heavy atom. The van der Waals surface area contributed by atoms with E-state index < -0.39 is 18.1 Å². The number of rotatable bonds is 4. The average molecular weight is 479 g/mol. The van der Waals surface area contributed by atoms with Gasteiger partial charge in [0.05, 0.1) is 24.5 Å². The molecule has 0 aliphatic carbocycles. The van der Waals surface area contributed by atoms with Gasteiger partial charge in [0.1, 0.15) is 11.7 Å². The third-order valence-electron chi connectivity index (χ3n) is 5.63. The first-order chi connectivity index (χ1) is 15.1. The average Bonchev–Trinajstić information content (AvgIpc) is 3.30. The molecule has 3 atom stereocenters. The van der Waals surface area contributed by atoms with Crippen molar-refractivity contribution in [3.05, 3.63) is 88.9 Å². The number of anilines is 2. The molecule has 6 nitrogen and oxygen atoms in total. The monoisotopic (exact) mass is 478 g/mol. The molecule has 156 valence electrons. The predicted octanol–water partition coefficient (Wildman–Crippen LogP) is 4.51. The number of nitrogens with zero attached hydrogens (tertiary/aromatic N) is 2. The highest BCUT2D eigenvalue weighted by atomic mass is 79.9. The Bertz CT molecular complexity index is 1150. The molecular formula is C24H19BrN2O4. The van der Waals surface area contributed by atoms with Crippen LogP contribution in [0, 0.1) is 5.92 Å². The lowest BCUT2D eigenvalue weighted by Gasteiger charge is -2.29. The molecule has 0 spiro atoms. The number of methoxy groups -OCH3 is 1. The van der Waals surface area contributed by atoms with E-state index in [0.717, 1.165) is 15.7 Å². The Kier molecular flexibility index (Phi) is 5.00. The van der Waals surface area contributed by atoms with Gasteiger partial charge in [-0.2, -0.15) is 0 Å². The van der Waals surface area contributed by atoms with Gasteiger partial charge in [0.2, 0.25) is 5.91 Å². The second kappa shape index (κ2) is 7.83. The molecule has 2 aliphatic rings. The van der Waals surface area contributed by atoms with E-state index in [1.54, 1.807) is 30.4 Å². The van der Waals surface area contributed by atoms with Crippen LogP contribution in [0.2, 0.25) is 0 Å². The molecule has 2 saturated heterocycles. The number of ether oxygens (including phenoxy) is 1. The van der Waals surface area contributed by atoms with E-state index in [4.69, 9.17) is 9.57 Å². The second-order valence-corrected chi connectivity index (χ2v) is 8.34. The van der Waals surface area contributed by atoms with E-state index in [1.165, 1.54) is 4.90 Å². The van der Waals surface area contributed by atoms with Crippen LogP contribution in [0.4, 0.5) is 11.4 Å². The molecule has 2 fully saturated rings. The van der Waals surface area contributed by atoms with Crippen molar-refractivity contribution in [1.29, 1.82) is 0 Å². The maximum Gasteiger partial charge on any atom is 0.266 e. The van der Waals surface area contributed by atoms with Crippen molar-refractivity contribution in [2.24, 2.45) is 5.92 Å². The molecule has 0 unspecified atom stereocenters. The summed E-state index contributed by atoms with van der Waals surface area (Å²) in [7, 11) is 1.60. The van der Waals surface area contributed by atoms with Gasteiger partial charge in [-0.3, -0.25) is 14.4 Å². The van der Waals surface area contributed by atoms with Crippen LogP contribution in [0.15, 0.2) is 83.3 Å². The van der Waals surface area contributed by atoms with E-state index in [0.29, 0.717) is 11.4 Å². The molecule has 0 saturated carbocycles. The van der Waals surface area contributed by atoms with Gasteiger partial charge in [-0.15, -0.1) is 0 Å². The minimum Gasteiger partial charge on any atom is -0.497 e. The number of hydrogen-bond donors (Lipinski definition) is 0. The summed E-state index contributed by atoms with van der Waals surface area (Å²) in [5.41, 5.74) is 2.14. The molecule has 3 aromatic rings. The SMILES string of the molecule is COc1cccc([C@H]2[C@@H]3C(=O)N(c4cccc(Br)c4)C(=O)[C@H]3ON2c2ccccc2)c1. The lowest BCUT2D eigenvalue weighted by Crippen LogP contribution is -2.37. The van der Waals surface area contributed by atoms with Crippen molar-refractivity contribution in [2.45, 2.75) is 12.1 Å². The molecule has 2 aliphatic heterocycles. The van der Waals surface area contributed by atoms with E-state index in [1.807, 2.05) is 60.7 Å². The summed E-state index contributed by atoms with van der Waals surface area (Å²) in [4.78, 5) is 34.3. The van der Waals surface area contributed by atoms with Crippen LogP contribution in [-0.4, -0.2) is 25.0 Å². The fraction of sp³-hybridized carbons (Fsp3) is 0.167. The lowest BCUT2D eigenvalue weighted by atomic mass is 9.90. The van der Waals surface area contributed by atoms with E-state index in [-0.39, 0.29) is 11.8 Å². The number of amides is 2. The standard InChI is InChI=1S/C24H19BrN2O4/c1-30-19-12-5-7-15(13-19)21-20-22(31-27(21)17-9-3-2-4-10-17)24(29)26(23(20)28)18-11-6-8-16(25)14-18/h2-14,20-22H,1H3/t20-,21-,22-/m0/s1. The van der Waals surface area contributed by atoms with Crippen LogP contribution in [0.5, 0.6) is 5.75 Å². The van der Waals surface area contributed by atoms with Gasteiger partial charge in [0.15, 0.2) is 6.10 Å². The second-order valence-electron chi connectivity index (χ2n) is 7.43. The summed E-state index contributed by atoms with van der Waals surface area (Å²) in [6.45, 7) is 0. The van der Waals surface area contributed by atoms with Crippen LogP contribution >= 0.6 is 15.9 Å². The van der Waals surface area contributed by atoms with Crippen molar-refractivity contribution < 1.29 is 19.2 Å². The highest BCUT2D eigenvalue weighted by Gasteiger charge is 2.60. The zero-order chi connectivity index (χ0) is 21.5. The van der Waals surface area contributed by atoms with Crippen molar-refractivity contribution in [2.75, 3.05) is 17.1 Å². The van der Waals surface area contributed by atoms with Gasteiger partial charge in [-0.1, -0.05) is 52.3 Å². The maximum absolute atomic E-state index is 13.6. The van der Waals surface area contributed by atoms with Crippen LogP contribution in [-0.2, 0) is 14.4 Å². The molecule has 2 heterocycles. The first kappa shape index (κ1) is 19.8. The molecule has 0 bridgehead atoms. The number of hydroxylamine groups is 1. The van der Waals surface area contributed by atoms with Crippen LogP contribution in [0.25, 0.3) is 0 Å². The summed E-state index contributed by atoms with van der Waals surface area (Å²) < 4.78 is 6.18. The van der Waals surface area contributed by atoms with Gasteiger partial charge >= 0.3 is 0 Å². The van der Waals surface area contributed by atoms with Crippen LogP contribution in [0.3, 0.4) is 0 Å². The molecule has 0 aromatic heterocycles. The first-order valence-electron chi connectivity index (χ1n) is 9.87. The van der Waals surface area contributed by atoms with Gasteiger partial charge < -0.3 is 4.74 Å². The third kappa shape index (κ3) is 3.30. The fourth-order valence-electron chi connectivity index (χ4n) is 4.25. The van der Waals surface area contributed by atoms with Gasteiger partial charge in [0, 0.05) is 4.47 Å². The van der Waals surface area contributed by atoms with Crippen LogP contribution in [0.1, 0.15) is 11.6 Å². The number of fused-ring (bicyclic) bond motifs is 1. The third-order valence-corrected chi connectivity index (χ3v) is 6.12. The zero-order valence-corrected chi connectivity index (χ0v) is 18.2. The lowest BCUT2D eigenvalue weighted by molar-refractivity contribution is -0.126. The number of halogens is 1. The fourth-order valence-corrected chi connectivity index (χ4v) is 4.63. The Morgan fingerprint density at radius 2 is 1.61 bits per heavy atom. The number of carbonyl (C=O) groups excluding carboxylic acids is 2. The number of para-hydroxylation sites is 1. The summed E-state index contributed by atoms with van der Waals surface area (Å²) in [5, 5.41) is 1.68. The van der Waals surface area contributed by atoms with Gasteiger partial charge in [0.25, 0.3) is 5.91 Å². The Hall–Kier alpha value is -3.16. The molecule has 5 rings (SSSR count). The van der Waals surface area contributed by atoms with Crippen molar-refractivity contribution >= 4 is 39.1 Å². The summed E-state index contributed by atoms with van der Waals surface area (Å²) in [6, 6.07) is 23.7. The Labute approximate surface area is 188 Å². The quantitative estimate of drug-likeness (QED) is 0.516. The number of benzene rings is 3. The molecule has 2 amide bonds. The first-order valence-corrected chi connectivity index (χ1v) is 10.7. The zero-order valence-electron chi connectivity index (χ0n) is 16.6. The smallest absolute Gasteiger partial charge is 0.266 e. The molecule has 0 N–H and O–H groups in total. The number of imide groups is 1. The largest absolute Gasteiger partial charge is 0.497 e. The number of hydrogen-bond acceptors (Lipinski definition) is 5. The van der Waals surface area contributed by atoms with E-state index >= 15 is 0 Å². The topological polar surface area (TPSA) is 59.1 Å². The highest BCUT2D eigenvalue weighted by molar-refractivity contribution is 9.10. The van der Waals surface area contributed by atoms with Crippen molar-refractivity contribution in [3.63, 3.8) is 0 Å².